The number of fused-ring (bicyclic) bond motifs is 4. The number of allylic oxidation sites excluding steroid dienone is 2. The zero-order valence-electron chi connectivity index (χ0n) is 32.0. The van der Waals surface area contributed by atoms with Gasteiger partial charge in [-0.3, -0.25) is 24.6 Å². The number of alkyl halides is 9. The Kier molecular flexibility index (Phi) is 10.6. The van der Waals surface area contributed by atoms with Crippen molar-refractivity contribution in [1.29, 1.82) is 0 Å². The van der Waals surface area contributed by atoms with Crippen molar-refractivity contribution >= 4 is 58.3 Å². The lowest BCUT2D eigenvalue weighted by atomic mass is 9.49. The zero-order chi connectivity index (χ0) is 45.7. The van der Waals surface area contributed by atoms with Gasteiger partial charge in [-0.25, -0.2) is 9.88 Å². The first kappa shape index (κ1) is 43.8. The molecular formula is C42H29Cl2F9N4O6. The first-order valence-corrected chi connectivity index (χ1v) is 19.7. The average molecular weight is 928 g/mol. The van der Waals surface area contributed by atoms with Gasteiger partial charge in [0.2, 0.25) is 11.8 Å². The van der Waals surface area contributed by atoms with E-state index < -0.39 is 123 Å². The van der Waals surface area contributed by atoms with E-state index in [0.717, 1.165) is 0 Å². The van der Waals surface area contributed by atoms with Crippen molar-refractivity contribution in [2.24, 2.45) is 23.7 Å². The van der Waals surface area contributed by atoms with Crippen LogP contribution in [0.4, 0.5) is 51.0 Å². The number of phenolic OH excluding ortho intramolecular Hbond substituents is 1. The number of hydrogen-bond acceptors (Lipinski definition) is 8. The fraction of sp³-hybridized carbons (Fsp3) is 0.310. The minimum Gasteiger partial charge on any atom is -0.504 e. The van der Waals surface area contributed by atoms with Crippen molar-refractivity contribution < 1.29 is 68.5 Å². The van der Waals surface area contributed by atoms with Gasteiger partial charge in [0.25, 0.3) is 11.8 Å². The number of nitrogens with one attached hydrogen (secondary N) is 1. The summed E-state index contributed by atoms with van der Waals surface area (Å²) in [5, 5.41) is 12.0. The predicted octanol–water partition coefficient (Wildman–Crippen LogP) is 9.74. The Morgan fingerprint density at radius 3 is 2.05 bits per heavy atom. The largest absolute Gasteiger partial charge is 0.504 e. The number of carbonyl (C=O) groups is 4. The minimum absolute atomic E-state index is 0.0229. The first-order chi connectivity index (χ1) is 29.5. The number of imide groups is 2. The number of halogens is 11. The van der Waals surface area contributed by atoms with Gasteiger partial charge >= 0.3 is 18.5 Å². The number of rotatable bonds is 7. The third kappa shape index (κ3) is 7.03. The van der Waals surface area contributed by atoms with Gasteiger partial charge in [0.05, 0.1) is 57.2 Å². The number of hydrazine groups is 1. The maximum absolute atomic E-state index is 15.4. The predicted molar refractivity (Wildman–Crippen MR) is 205 cm³/mol. The van der Waals surface area contributed by atoms with E-state index in [1.165, 1.54) is 48.5 Å². The van der Waals surface area contributed by atoms with Crippen molar-refractivity contribution in [3.8, 4) is 11.5 Å². The Labute approximate surface area is 360 Å². The summed E-state index contributed by atoms with van der Waals surface area (Å²) in [5.74, 6) is -12.6. The Morgan fingerprint density at radius 2 is 1.46 bits per heavy atom. The summed E-state index contributed by atoms with van der Waals surface area (Å²) in [6.45, 7) is 1.67. The third-order valence-corrected chi connectivity index (χ3v) is 12.6. The van der Waals surface area contributed by atoms with Crippen LogP contribution >= 0.6 is 23.2 Å². The molecule has 1 aromatic heterocycles. The Hall–Kier alpha value is -5.82. The molecule has 2 N–H and O–H groups in total. The van der Waals surface area contributed by atoms with Crippen LogP contribution in [-0.4, -0.2) is 45.3 Å². The van der Waals surface area contributed by atoms with Crippen molar-refractivity contribution in [1.82, 2.24) is 9.99 Å². The number of aromatic nitrogens is 1. The minimum atomic E-state index is -5.32. The third-order valence-electron chi connectivity index (χ3n) is 12.0. The van der Waals surface area contributed by atoms with Gasteiger partial charge in [-0.2, -0.15) is 44.5 Å². The molecule has 2 saturated heterocycles. The highest BCUT2D eigenvalue weighted by molar-refractivity contribution is 6.33. The van der Waals surface area contributed by atoms with Crippen molar-refractivity contribution in [3.05, 3.63) is 122 Å². The summed E-state index contributed by atoms with van der Waals surface area (Å²) in [5.41, 5.74) is -5.11. The smallest absolute Gasteiger partial charge is 0.417 e. The second kappa shape index (κ2) is 15.2. The van der Waals surface area contributed by atoms with Crippen LogP contribution in [0.25, 0.3) is 0 Å². The number of nitrogens with zero attached hydrogens (tertiary/aromatic N) is 3. The molecule has 6 atom stereocenters. The number of para-hydroxylation sites is 1. The van der Waals surface area contributed by atoms with Crippen molar-refractivity contribution in [2.45, 2.75) is 49.6 Å². The lowest BCUT2D eigenvalue weighted by Crippen LogP contribution is -2.53. The van der Waals surface area contributed by atoms with Crippen LogP contribution in [0.2, 0.25) is 10.0 Å². The lowest BCUT2D eigenvalue weighted by Gasteiger charge is -2.50. The van der Waals surface area contributed by atoms with Crippen LogP contribution in [0, 0.1) is 23.7 Å². The van der Waals surface area contributed by atoms with Gasteiger partial charge in [-0.1, -0.05) is 59.1 Å². The molecule has 1 saturated carbocycles. The maximum atomic E-state index is 15.4. The second-order valence-corrected chi connectivity index (χ2v) is 16.2. The van der Waals surface area contributed by atoms with Crippen molar-refractivity contribution in [2.75, 3.05) is 16.9 Å². The van der Waals surface area contributed by atoms with Crippen LogP contribution in [0.15, 0.2) is 84.6 Å². The van der Waals surface area contributed by atoms with E-state index in [-0.39, 0.29) is 63.6 Å². The highest BCUT2D eigenvalue weighted by atomic mass is 35.5. The molecule has 4 aromatic rings. The molecule has 63 heavy (non-hydrogen) atoms. The van der Waals surface area contributed by atoms with Gasteiger partial charge < -0.3 is 9.84 Å². The van der Waals surface area contributed by atoms with Gasteiger partial charge in [0.1, 0.15) is 0 Å². The van der Waals surface area contributed by atoms with Gasteiger partial charge in [0.15, 0.2) is 17.3 Å². The molecular weight excluding hydrogens is 898 g/mol. The second-order valence-electron chi connectivity index (χ2n) is 15.3. The van der Waals surface area contributed by atoms with Gasteiger partial charge in [-0.15, -0.1) is 0 Å². The van der Waals surface area contributed by atoms with E-state index in [9.17, 15) is 59.0 Å². The normalized spacial score (nSPS) is 24.9. The molecule has 3 heterocycles. The molecule has 3 fully saturated rings. The van der Waals surface area contributed by atoms with Gasteiger partial charge in [0, 0.05) is 22.7 Å². The molecule has 10 nitrogen and oxygen atoms in total. The molecule has 8 rings (SSSR count). The molecule has 6 unspecified atom stereocenters. The van der Waals surface area contributed by atoms with E-state index >= 15 is 4.79 Å². The Morgan fingerprint density at radius 1 is 0.825 bits per heavy atom. The number of aromatic hydroxyl groups is 1. The Bertz CT molecular complexity index is 2590. The summed E-state index contributed by atoms with van der Waals surface area (Å²) < 4.78 is 130. The lowest BCUT2D eigenvalue weighted by molar-refractivity contribution is -0.143. The number of amides is 4. The number of anilines is 2. The van der Waals surface area contributed by atoms with Crippen LogP contribution < -0.4 is 15.1 Å². The number of benzene rings is 3. The van der Waals surface area contributed by atoms with Crippen LogP contribution in [-0.2, 0) is 43.1 Å². The number of ether oxygens (including phenoxy) is 1. The standard InChI is InChI=1S/C42H29Cl2F9N4O6/c1-2-63-30-5-3-4-26(33(30)58)32-24-10-11-25-31(37(61)56(35(25)59)23-13-19(40(45,46)47)12-20(14-23)41(48,49)50)27(24)16-28-36(60)57(38(62)39(28,32)18-6-8-22(43)9-7-18)55-34-29(44)15-21(17-54-34)42(51,52)53/h3-10,12-15,17,25,27-28,31-32,58H,2,11,16H2,1H3,(H,54,55). The van der Waals surface area contributed by atoms with E-state index in [4.69, 9.17) is 27.9 Å². The molecule has 0 radical (unpaired) electrons. The van der Waals surface area contributed by atoms with E-state index in [2.05, 4.69) is 10.4 Å². The molecule has 21 heteroatoms. The maximum Gasteiger partial charge on any atom is 0.417 e. The van der Waals surface area contributed by atoms with E-state index in [1.54, 1.807) is 6.92 Å². The topological polar surface area (TPSA) is 129 Å². The van der Waals surface area contributed by atoms with Crippen molar-refractivity contribution in [3.63, 3.8) is 0 Å². The Balaban J connectivity index is 1.32. The van der Waals surface area contributed by atoms with E-state index in [1.807, 2.05) is 0 Å². The van der Waals surface area contributed by atoms with E-state index in [0.29, 0.717) is 17.3 Å². The van der Waals surface area contributed by atoms with Gasteiger partial charge in [-0.05, 0) is 73.7 Å². The highest BCUT2D eigenvalue weighted by Gasteiger charge is 2.71. The summed E-state index contributed by atoms with van der Waals surface area (Å²) in [6.07, 6.45) is -14.4. The molecule has 330 valence electrons. The number of carbonyl (C=O) groups excluding carboxylic acids is 4. The fourth-order valence-electron chi connectivity index (χ4n) is 9.49. The molecule has 3 aromatic carbocycles. The number of phenols is 1. The molecule has 4 amide bonds. The molecule has 0 spiro atoms. The fourth-order valence-corrected chi connectivity index (χ4v) is 9.83. The molecule has 2 aliphatic carbocycles. The van der Waals surface area contributed by atoms with Crippen LogP contribution in [0.1, 0.15) is 53.5 Å². The molecule has 0 bridgehead atoms. The summed E-state index contributed by atoms with van der Waals surface area (Å²) >= 11 is 12.5. The SMILES string of the molecule is CCOc1cccc(C2C3=CCC4C(=O)N(c5cc(C(F)(F)F)cc(C(F)(F)F)c5)C(=O)C4C3CC3C(=O)N(Nc4ncc(C(F)(F)F)cc4Cl)C(=O)C32c2ccc(Cl)cc2)c1O. The number of hydrogen-bond donors (Lipinski definition) is 2. The zero-order valence-corrected chi connectivity index (χ0v) is 33.5. The first-order valence-electron chi connectivity index (χ1n) is 19.0. The average Bonchev–Trinajstić information content (AvgIpc) is 3.59. The van der Waals surface area contributed by atoms with Crippen LogP contribution in [0.3, 0.4) is 0 Å². The van der Waals surface area contributed by atoms with Crippen LogP contribution in [0.5, 0.6) is 11.5 Å². The molecule has 4 aliphatic rings. The number of pyridine rings is 1. The summed E-state index contributed by atoms with van der Waals surface area (Å²) in [4.78, 5) is 63.0. The highest BCUT2D eigenvalue weighted by Crippen LogP contribution is 2.65. The summed E-state index contributed by atoms with van der Waals surface area (Å²) in [6, 6.07) is 10.9. The molecule has 2 aliphatic heterocycles. The summed E-state index contributed by atoms with van der Waals surface area (Å²) in [7, 11) is 0. The monoisotopic (exact) mass is 926 g/mol. The quantitative estimate of drug-likeness (QED) is 0.107.